The lowest BCUT2D eigenvalue weighted by Gasteiger charge is -2.04. The molecule has 2 aromatic heterocycles. The summed E-state index contributed by atoms with van der Waals surface area (Å²) in [5.74, 6) is 2.07. The van der Waals surface area contributed by atoms with Crippen molar-refractivity contribution in [2.24, 2.45) is 7.05 Å². The number of aryl methyl sites for hydroxylation is 2. The van der Waals surface area contributed by atoms with Crippen LogP contribution in [0.15, 0.2) is 10.9 Å². The summed E-state index contributed by atoms with van der Waals surface area (Å²) in [7, 11) is 1.75. The molecule has 0 bridgehead atoms. The zero-order valence-corrected chi connectivity index (χ0v) is 10.2. The molecule has 2 heterocycles. The number of nitrogens with zero attached hydrogens (tertiary/aromatic N) is 4. The molecule has 0 atom stereocenters. The maximum absolute atomic E-state index is 11.8. The Balaban J connectivity index is 2.25. The molecule has 0 saturated heterocycles. The van der Waals surface area contributed by atoms with Gasteiger partial charge < -0.3 is 0 Å². The normalized spacial score (nSPS) is 15.6. The molecule has 17 heavy (non-hydrogen) atoms. The van der Waals surface area contributed by atoms with Crippen molar-refractivity contribution in [3.63, 3.8) is 0 Å². The van der Waals surface area contributed by atoms with E-state index in [0.717, 1.165) is 24.4 Å². The van der Waals surface area contributed by atoms with E-state index < -0.39 is 0 Å². The lowest BCUT2D eigenvalue weighted by Crippen LogP contribution is -2.21. The molecule has 1 fully saturated rings. The highest BCUT2D eigenvalue weighted by Crippen LogP contribution is 2.38. The van der Waals surface area contributed by atoms with E-state index in [1.54, 1.807) is 17.7 Å². The first-order valence-corrected chi connectivity index (χ1v) is 6.16. The molecule has 1 saturated carbocycles. The average molecular weight is 232 g/mol. The van der Waals surface area contributed by atoms with Crippen molar-refractivity contribution in [3.05, 3.63) is 27.9 Å². The summed E-state index contributed by atoms with van der Waals surface area (Å²) < 4.78 is 3.40. The summed E-state index contributed by atoms with van der Waals surface area (Å²) >= 11 is 0. The molecule has 1 aliphatic carbocycles. The number of aromatic nitrogens is 4. The van der Waals surface area contributed by atoms with Crippen LogP contribution in [0.2, 0.25) is 0 Å². The SMILES string of the molecule is CCCc1cc(=O)n(C)c2nc(C3CC3)nn12. The van der Waals surface area contributed by atoms with E-state index in [4.69, 9.17) is 0 Å². The number of hydrogen-bond acceptors (Lipinski definition) is 3. The minimum Gasteiger partial charge on any atom is -0.280 e. The van der Waals surface area contributed by atoms with Crippen molar-refractivity contribution in [1.29, 1.82) is 0 Å². The van der Waals surface area contributed by atoms with E-state index in [2.05, 4.69) is 17.0 Å². The first kappa shape index (κ1) is 10.5. The molecule has 0 aromatic carbocycles. The molecular formula is C12H16N4O. The number of hydrogen-bond donors (Lipinski definition) is 0. The molecule has 0 unspecified atom stereocenters. The Morgan fingerprint density at radius 3 is 2.88 bits per heavy atom. The van der Waals surface area contributed by atoms with E-state index in [1.165, 1.54) is 12.8 Å². The fourth-order valence-corrected chi connectivity index (χ4v) is 2.08. The Labute approximate surface area is 99.1 Å². The predicted octanol–water partition coefficient (Wildman–Crippen LogP) is 1.26. The van der Waals surface area contributed by atoms with Gasteiger partial charge in [-0.1, -0.05) is 13.3 Å². The Bertz CT molecular complexity index is 621. The fraction of sp³-hybridized carbons (Fsp3) is 0.583. The molecule has 0 amide bonds. The summed E-state index contributed by atoms with van der Waals surface area (Å²) in [5.41, 5.74) is 0.959. The molecule has 1 aliphatic rings. The van der Waals surface area contributed by atoms with Crippen LogP contribution in [0.1, 0.15) is 43.6 Å². The van der Waals surface area contributed by atoms with E-state index in [-0.39, 0.29) is 5.56 Å². The zero-order valence-electron chi connectivity index (χ0n) is 10.2. The highest BCUT2D eigenvalue weighted by Gasteiger charge is 2.28. The summed E-state index contributed by atoms with van der Waals surface area (Å²) in [4.78, 5) is 16.3. The van der Waals surface area contributed by atoms with Gasteiger partial charge in [0, 0.05) is 19.0 Å². The maximum Gasteiger partial charge on any atom is 0.254 e. The molecule has 5 nitrogen and oxygen atoms in total. The highest BCUT2D eigenvalue weighted by atomic mass is 16.1. The van der Waals surface area contributed by atoms with Gasteiger partial charge >= 0.3 is 0 Å². The van der Waals surface area contributed by atoms with Crippen molar-refractivity contribution in [2.45, 2.75) is 38.5 Å². The van der Waals surface area contributed by atoms with Crippen LogP contribution < -0.4 is 5.56 Å². The molecular weight excluding hydrogens is 216 g/mol. The lowest BCUT2D eigenvalue weighted by molar-refractivity contribution is 0.740. The van der Waals surface area contributed by atoms with E-state index in [1.807, 2.05) is 4.52 Å². The quantitative estimate of drug-likeness (QED) is 0.800. The van der Waals surface area contributed by atoms with Crippen LogP contribution in [0.5, 0.6) is 0 Å². The topological polar surface area (TPSA) is 52.2 Å². The highest BCUT2D eigenvalue weighted by molar-refractivity contribution is 5.32. The van der Waals surface area contributed by atoms with E-state index in [9.17, 15) is 4.79 Å². The zero-order chi connectivity index (χ0) is 12.0. The Hall–Kier alpha value is -1.65. The largest absolute Gasteiger partial charge is 0.280 e. The van der Waals surface area contributed by atoms with Crippen LogP contribution in [-0.4, -0.2) is 19.2 Å². The predicted molar refractivity (Wildman–Crippen MR) is 64.2 cm³/mol. The second-order valence-corrected chi connectivity index (χ2v) is 4.74. The van der Waals surface area contributed by atoms with Gasteiger partial charge in [0.2, 0.25) is 5.78 Å². The molecule has 90 valence electrons. The van der Waals surface area contributed by atoms with Crippen LogP contribution in [0, 0.1) is 0 Å². The Morgan fingerprint density at radius 2 is 2.24 bits per heavy atom. The minimum atomic E-state index is -0.00398. The van der Waals surface area contributed by atoms with Crippen LogP contribution in [-0.2, 0) is 13.5 Å². The third-order valence-electron chi connectivity index (χ3n) is 3.25. The van der Waals surface area contributed by atoms with Gasteiger partial charge in [0.05, 0.1) is 5.69 Å². The average Bonchev–Trinajstić information content (AvgIpc) is 3.05. The Kier molecular flexibility index (Phi) is 2.28. The van der Waals surface area contributed by atoms with Crippen LogP contribution in [0.4, 0.5) is 0 Å². The third kappa shape index (κ3) is 1.66. The van der Waals surface area contributed by atoms with Crippen molar-refractivity contribution >= 4 is 5.78 Å². The summed E-state index contributed by atoms with van der Waals surface area (Å²) in [6, 6.07) is 1.67. The van der Waals surface area contributed by atoms with Crippen molar-refractivity contribution < 1.29 is 0 Å². The van der Waals surface area contributed by atoms with Gasteiger partial charge in [0.15, 0.2) is 5.82 Å². The summed E-state index contributed by atoms with van der Waals surface area (Å²) in [5, 5.41) is 4.54. The molecule has 5 heteroatoms. The van der Waals surface area contributed by atoms with E-state index >= 15 is 0 Å². The minimum absolute atomic E-state index is 0.00398. The smallest absolute Gasteiger partial charge is 0.254 e. The van der Waals surface area contributed by atoms with Crippen molar-refractivity contribution in [3.8, 4) is 0 Å². The van der Waals surface area contributed by atoms with Crippen molar-refractivity contribution in [1.82, 2.24) is 19.2 Å². The number of fused-ring (bicyclic) bond motifs is 1. The van der Waals surface area contributed by atoms with Crippen LogP contribution in [0.3, 0.4) is 0 Å². The molecule has 0 aliphatic heterocycles. The van der Waals surface area contributed by atoms with Gasteiger partial charge in [-0.05, 0) is 19.3 Å². The first-order valence-electron chi connectivity index (χ1n) is 6.16. The summed E-state index contributed by atoms with van der Waals surface area (Å²) in [6.45, 7) is 2.10. The molecule has 3 rings (SSSR count). The molecule has 0 N–H and O–H groups in total. The van der Waals surface area contributed by atoms with Gasteiger partial charge in [-0.15, -0.1) is 5.10 Å². The van der Waals surface area contributed by atoms with Crippen LogP contribution in [0.25, 0.3) is 5.78 Å². The van der Waals surface area contributed by atoms with Crippen molar-refractivity contribution in [2.75, 3.05) is 0 Å². The standard InChI is InChI=1S/C12H16N4O/c1-3-4-9-7-10(17)15(2)12-13-11(8-5-6-8)14-16(9)12/h7-8H,3-6H2,1-2H3. The van der Waals surface area contributed by atoms with Gasteiger partial charge in [0.25, 0.3) is 5.56 Å². The van der Waals surface area contributed by atoms with Gasteiger partial charge in [-0.25, -0.2) is 4.52 Å². The summed E-state index contributed by atoms with van der Waals surface area (Å²) in [6.07, 6.45) is 4.21. The van der Waals surface area contributed by atoms with Gasteiger partial charge in [0.1, 0.15) is 0 Å². The van der Waals surface area contributed by atoms with Gasteiger partial charge in [-0.3, -0.25) is 9.36 Å². The monoisotopic (exact) mass is 232 g/mol. The molecule has 2 aromatic rings. The Morgan fingerprint density at radius 1 is 1.47 bits per heavy atom. The molecule has 0 spiro atoms. The maximum atomic E-state index is 11.8. The van der Waals surface area contributed by atoms with Crippen LogP contribution >= 0.6 is 0 Å². The number of rotatable bonds is 3. The molecule has 0 radical (unpaired) electrons. The second kappa shape index (κ2) is 3.68. The van der Waals surface area contributed by atoms with E-state index in [0.29, 0.717) is 11.7 Å². The third-order valence-corrected chi connectivity index (χ3v) is 3.25. The van der Waals surface area contributed by atoms with Gasteiger partial charge in [-0.2, -0.15) is 4.98 Å². The lowest BCUT2D eigenvalue weighted by atomic mass is 10.2. The fourth-order valence-electron chi connectivity index (χ4n) is 2.08. The second-order valence-electron chi connectivity index (χ2n) is 4.74. The first-order chi connectivity index (χ1) is 8.20.